The number of nitrogens with one attached hydrogen (secondary N) is 1. The number of anilines is 1. The molecule has 1 aliphatic heterocycles. The first-order valence-electron chi connectivity index (χ1n) is 8.33. The SMILES string of the molecule is Cn1ncc2c1NC1=CC=CCC1N(C(=O)c1ccc(C(=O)O)cc1)C2. The summed E-state index contributed by atoms with van der Waals surface area (Å²) in [6, 6.07) is 5.95. The van der Waals surface area contributed by atoms with Crippen LogP contribution in [0.3, 0.4) is 0 Å². The number of amides is 1. The zero-order valence-corrected chi connectivity index (χ0v) is 14.2. The summed E-state index contributed by atoms with van der Waals surface area (Å²) in [4.78, 5) is 26.0. The van der Waals surface area contributed by atoms with Gasteiger partial charge in [0, 0.05) is 23.9 Å². The first kappa shape index (κ1) is 16.1. The minimum atomic E-state index is -1.01. The fourth-order valence-electron chi connectivity index (χ4n) is 3.36. The van der Waals surface area contributed by atoms with Gasteiger partial charge in [0.2, 0.25) is 0 Å². The molecule has 1 amide bonds. The lowest BCUT2D eigenvalue weighted by atomic mass is 10.0. The number of aryl methyl sites for hydroxylation is 1. The highest BCUT2D eigenvalue weighted by atomic mass is 16.4. The molecule has 7 nitrogen and oxygen atoms in total. The maximum Gasteiger partial charge on any atom is 0.335 e. The Balaban J connectivity index is 1.71. The Morgan fingerprint density at radius 2 is 1.96 bits per heavy atom. The minimum Gasteiger partial charge on any atom is -0.478 e. The summed E-state index contributed by atoms with van der Waals surface area (Å²) in [5.74, 6) is -0.259. The molecule has 0 spiro atoms. The van der Waals surface area contributed by atoms with Crippen LogP contribution in [-0.4, -0.2) is 37.7 Å². The lowest BCUT2D eigenvalue weighted by Gasteiger charge is -2.32. The molecule has 4 rings (SSSR count). The van der Waals surface area contributed by atoms with Gasteiger partial charge in [0.1, 0.15) is 5.82 Å². The monoisotopic (exact) mass is 350 g/mol. The van der Waals surface area contributed by atoms with Gasteiger partial charge in [-0.3, -0.25) is 9.48 Å². The van der Waals surface area contributed by atoms with Crippen molar-refractivity contribution in [3.63, 3.8) is 0 Å². The molecule has 7 heteroatoms. The molecule has 1 aromatic heterocycles. The molecule has 1 atom stereocenters. The van der Waals surface area contributed by atoms with Gasteiger partial charge in [-0.1, -0.05) is 12.2 Å². The number of allylic oxidation sites excluding steroid dienone is 2. The van der Waals surface area contributed by atoms with Crippen LogP contribution in [-0.2, 0) is 13.6 Å². The van der Waals surface area contributed by atoms with Crippen molar-refractivity contribution in [1.82, 2.24) is 14.7 Å². The average Bonchev–Trinajstić information content (AvgIpc) is 2.90. The van der Waals surface area contributed by atoms with E-state index in [9.17, 15) is 9.59 Å². The number of nitrogens with zero attached hydrogens (tertiary/aromatic N) is 3. The summed E-state index contributed by atoms with van der Waals surface area (Å²) < 4.78 is 1.77. The van der Waals surface area contributed by atoms with Gasteiger partial charge in [-0.15, -0.1) is 0 Å². The van der Waals surface area contributed by atoms with Crippen molar-refractivity contribution in [2.75, 3.05) is 5.32 Å². The number of carbonyl (C=O) groups excluding carboxylic acids is 1. The number of fused-ring (bicyclic) bond motifs is 2. The predicted molar refractivity (Wildman–Crippen MR) is 95.7 cm³/mol. The van der Waals surface area contributed by atoms with Crippen LogP contribution in [0.1, 0.15) is 32.7 Å². The average molecular weight is 350 g/mol. The van der Waals surface area contributed by atoms with Gasteiger partial charge >= 0.3 is 5.97 Å². The third kappa shape index (κ3) is 2.67. The van der Waals surface area contributed by atoms with Gasteiger partial charge in [-0.2, -0.15) is 5.10 Å². The molecule has 1 aliphatic carbocycles. The summed E-state index contributed by atoms with van der Waals surface area (Å²) in [6.07, 6.45) is 8.48. The fraction of sp³-hybridized carbons (Fsp3) is 0.211. The van der Waals surface area contributed by atoms with E-state index in [-0.39, 0.29) is 17.5 Å². The van der Waals surface area contributed by atoms with Crippen LogP contribution in [0.25, 0.3) is 0 Å². The highest BCUT2D eigenvalue weighted by molar-refractivity contribution is 5.96. The third-order valence-electron chi connectivity index (χ3n) is 4.76. The van der Waals surface area contributed by atoms with Crippen molar-refractivity contribution in [2.45, 2.75) is 19.0 Å². The molecule has 2 aromatic rings. The number of carboxylic acids is 1. The zero-order valence-electron chi connectivity index (χ0n) is 14.2. The van der Waals surface area contributed by atoms with Crippen LogP contribution in [0.4, 0.5) is 5.82 Å². The molecule has 132 valence electrons. The van der Waals surface area contributed by atoms with Crippen molar-refractivity contribution in [2.24, 2.45) is 7.05 Å². The molecular weight excluding hydrogens is 332 g/mol. The van der Waals surface area contributed by atoms with Crippen LogP contribution in [0.15, 0.2) is 54.4 Å². The fourth-order valence-corrected chi connectivity index (χ4v) is 3.36. The van der Waals surface area contributed by atoms with Gasteiger partial charge in [-0.05, 0) is 36.8 Å². The van der Waals surface area contributed by atoms with Gasteiger partial charge in [0.05, 0.1) is 24.3 Å². The van der Waals surface area contributed by atoms with E-state index in [2.05, 4.69) is 10.4 Å². The number of hydrogen-bond acceptors (Lipinski definition) is 4. The second-order valence-electron chi connectivity index (χ2n) is 6.38. The summed E-state index contributed by atoms with van der Waals surface area (Å²) >= 11 is 0. The van der Waals surface area contributed by atoms with Gasteiger partial charge in [-0.25, -0.2) is 4.79 Å². The highest BCUT2D eigenvalue weighted by Gasteiger charge is 2.33. The zero-order chi connectivity index (χ0) is 18.3. The lowest BCUT2D eigenvalue weighted by Crippen LogP contribution is -2.41. The van der Waals surface area contributed by atoms with E-state index in [1.54, 1.807) is 23.0 Å². The first-order valence-corrected chi connectivity index (χ1v) is 8.33. The summed E-state index contributed by atoms with van der Waals surface area (Å²) in [6.45, 7) is 0.436. The molecule has 2 aliphatic rings. The van der Waals surface area contributed by atoms with Gasteiger partial charge in [0.15, 0.2) is 0 Å². The number of carbonyl (C=O) groups is 2. The summed E-state index contributed by atoms with van der Waals surface area (Å²) in [5, 5.41) is 16.7. The molecule has 0 bridgehead atoms. The maximum atomic E-state index is 13.2. The largest absolute Gasteiger partial charge is 0.478 e. The Hall–Kier alpha value is -3.35. The number of benzene rings is 1. The molecular formula is C19H18N4O3. The molecule has 26 heavy (non-hydrogen) atoms. The Kier molecular flexibility index (Phi) is 3.84. The number of carboxylic acid groups (broad SMARTS) is 1. The molecule has 0 saturated heterocycles. The Bertz CT molecular complexity index is 940. The van der Waals surface area contributed by atoms with Crippen molar-refractivity contribution in [3.05, 3.63) is 71.1 Å². The summed E-state index contributed by atoms with van der Waals surface area (Å²) in [7, 11) is 1.86. The van der Waals surface area contributed by atoms with Crippen molar-refractivity contribution in [1.29, 1.82) is 0 Å². The van der Waals surface area contributed by atoms with Crippen LogP contribution in [0.5, 0.6) is 0 Å². The molecule has 0 saturated carbocycles. The highest BCUT2D eigenvalue weighted by Crippen LogP contribution is 2.31. The van der Waals surface area contributed by atoms with Crippen LogP contribution >= 0.6 is 0 Å². The Morgan fingerprint density at radius 3 is 2.69 bits per heavy atom. The van der Waals surface area contributed by atoms with E-state index in [0.29, 0.717) is 12.1 Å². The van der Waals surface area contributed by atoms with Crippen LogP contribution in [0, 0.1) is 0 Å². The number of rotatable bonds is 2. The Morgan fingerprint density at radius 1 is 1.23 bits per heavy atom. The van der Waals surface area contributed by atoms with Gasteiger partial charge in [0.25, 0.3) is 5.91 Å². The van der Waals surface area contributed by atoms with E-state index in [4.69, 9.17) is 5.11 Å². The van der Waals surface area contributed by atoms with Crippen molar-refractivity contribution >= 4 is 17.7 Å². The molecule has 1 unspecified atom stereocenters. The van der Waals surface area contributed by atoms with E-state index in [1.807, 2.05) is 30.2 Å². The number of aromatic carboxylic acids is 1. The van der Waals surface area contributed by atoms with E-state index >= 15 is 0 Å². The smallest absolute Gasteiger partial charge is 0.335 e. The molecule has 2 heterocycles. The standard InChI is InChI=1S/C19H18N4O3/c1-22-17-14(10-20-22)11-23(16-5-3-2-4-15(16)21-17)18(24)12-6-8-13(9-7-12)19(25)26/h2-4,6-10,16,21H,5,11H2,1H3,(H,25,26). The third-order valence-corrected chi connectivity index (χ3v) is 4.76. The van der Waals surface area contributed by atoms with E-state index < -0.39 is 5.97 Å². The topological polar surface area (TPSA) is 87.5 Å². The van der Waals surface area contributed by atoms with Crippen molar-refractivity contribution < 1.29 is 14.7 Å². The predicted octanol–water partition coefficient (Wildman–Crippen LogP) is 2.40. The van der Waals surface area contributed by atoms with E-state index in [0.717, 1.165) is 23.5 Å². The lowest BCUT2D eigenvalue weighted by molar-refractivity contribution is 0.0682. The maximum absolute atomic E-state index is 13.2. The molecule has 0 fully saturated rings. The van der Waals surface area contributed by atoms with Crippen LogP contribution < -0.4 is 5.32 Å². The Labute approximate surface area is 150 Å². The number of aromatic nitrogens is 2. The molecule has 0 radical (unpaired) electrons. The second-order valence-corrected chi connectivity index (χ2v) is 6.38. The minimum absolute atomic E-state index is 0.0981. The second kappa shape index (κ2) is 6.18. The summed E-state index contributed by atoms with van der Waals surface area (Å²) in [5.41, 5.74) is 2.52. The molecule has 2 N–H and O–H groups in total. The first-order chi connectivity index (χ1) is 12.5. The van der Waals surface area contributed by atoms with E-state index in [1.165, 1.54) is 12.1 Å². The quantitative estimate of drug-likeness (QED) is 0.868. The van der Waals surface area contributed by atoms with Crippen molar-refractivity contribution in [3.8, 4) is 0 Å². The van der Waals surface area contributed by atoms with Gasteiger partial charge < -0.3 is 15.3 Å². The number of hydrogen-bond donors (Lipinski definition) is 2. The molecule has 1 aromatic carbocycles. The van der Waals surface area contributed by atoms with Crippen LogP contribution in [0.2, 0.25) is 0 Å². The normalized spacial score (nSPS) is 18.3.